The highest BCUT2D eigenvalue weighted by Crippen LogP contribution is 2.05. The van der Waals surface area contributed by atoms with Crippen molar-refractivity contribution in [3.63, 3.8) is 0 Å². The summed E-state index contributed by atoms with van der Waals surface area (Å²) in [4.78, 5) is 8.46. The molecule has 30 heavy (non-hydrogen) atoms. The first kappa shape index (κ1) is 22.4. The predicted molar refractivity (Wildman–Crippen MR) is 118 cm³/mol. The van der Waals surface area contributed by atoms with E-state index in [2.05, 4.69) is 40.6 Å². The maximum Gasteiger partial charge on any atom is 0.221 e. The number of aromatic nitrogens is 2. The average Bonchev–Trinajstić information content (AvgIpc) is 2.77. The number of nitrogens with zero attached hydrogens (tertiary/aromatic N) is 8. The van der Waals surface area contributed by atoms with E-state index < -0.39 is 0 Å². The molecule has 2 heterocycles. The van der Waals surface area contributed by atoms with E-state index in [1.807, 2.05) is 0 Å². The monoisotopic (exact) mass is 407 g/mol. The molecule has 156 valence electrons. The molecular weight excluding hydrogens is 382 g/mol. The van der Waals surface area contributed by atoms with Crippen LogP contribution in [-0.4, -0.2) is 39.9 Å². The summed E-state index contributed by atoms with van der Waals surface area (Å²) in [6.07, 6.45) is 5.49. The van der Waals surface area contributed by atoms with Crippen molar-refractivity contribution in [2.75, 3.05) is 6.54 Å². The van der Waals surface area contributed by atoms with Crippen LogP contribution < -0.4 is 17.2 Å². The van der Waals surface area contributed by atoms with Gasteiger partial charge in [0, 0.05) is 18.8 Å². The Hall–Kier alpha value is -3.86. The molecule has 0 aromatic carbocycles. The number of hydrogen-bond donors (Lipinski definition) is 3. The van der Waals surface area contributed by atoms with Crippen LogP contribution in [0.15, 0.2) is 79.4 Å². The molecule has 0 saturated heterocycles. The van der Waals surface area contributed by atoms with Gasteiger partial charge in [0.2, 0.25) is 11.7 Å². The van der Waals surface area contributed by atoms with Crippen LogP contribution >= 0.6 is 0 Å². The summed E-state index contributed by atoms with van der Waals surface area (Å²) in [6, 6.07) is 10.6. The third-order valence-electron chi connectivity index (χ3n) is 3.49. The van der Waals surface area contributed by atoms with Gasteiger partial charge < -0.3 is 17.2 Å². The lowest BCUT2D eigenvalue weighted by Crippen LogP contribution is -2.12. The van der Waals surface area contributed by atoms with Crippen molar-refractivity contribution in [2.45, 2.75) is 26.2 Å². The largest absolute Gasteiger partial charge is 0.386 e. The third kappa shape index (κ3) is 8.02. The number of hydrogen-bond acceptors (Lipinski definition) is 7. The first-order valence-corrected chi connectivity index (χ1v) is 9.32. The molecule has 2 aromatic rings. The van der Waals surface area contributed by atoms with Crippen LogP contribution in [0, 0.1) is 0 Å². The SMILES string of the molecule is CC(N)=NN=C(N=N/C(=N\N=C(/N)CCCCN)c1ccccn1)c1ccccn1. The van der Waals surface area contributed by atoms with Crippen LogP contribution in [0.1, 0.15) is 37.6 Å². The molecule has 0 fully saturated rings. The quantitative estimate of drug-likeness (QED) is 0.198. The molecule has 0 spiro atoms. The summed E-state index contributed by atoms with van der Waals surface area (Å²) < 4.78 is 0. The summed E-state index contributed by atoms with van der Waals surface area (Å²) in [7, 11) is 0. The van der Waals surface area contributed by atoms with Crippen LogP contribution in [0.3, 0.4) is 0 Å². The topological polar surface area (TPSA) is 178 Å². The van der Waals surface area contributed by atoms with Crippen LogP contribution in [0.4, 0.5) is 0 Å². The maximum atomic E-state index is 5.91. The van der Waals surface area contributed by atoms with Gasteiger partial charge in [0.25, 0.3) is 0 Å². The van der Waals surface area contributed by atoms with E-state index in [4.69, 9.17) is 17.2 Å². The van der Waals surface area contributed by atoms with Gasteiger partial charge >= 0.3 is 0 Å². The van der Waals surface area contributed by atoms with Crippen molar-refractivity contribution < 1.29 is 0 Å². The molecule has 0 aliphatic heterocycles. The first-order chi connectivity index (χ1) is 14.6. The van der Waals surface area contributed by atoms with Gasteiger partial charge in [-0.1, -0.05) is 12.1 Å². The Labute approximate surface area is 174 Å². The Morgan fingerprint density at radius 2 is 1.37 bits per heavy atom. The second-order valence-corrected chi connectivity index (χ2v) is 6.06. The fourth-order valence-electron chi connectivity index (χ4n) is 2.07. The van der Waals surface area contributed by atoms with Crippen LogP contribution in [0.2, 0.25) is 0 Å². The van der Waals surface area contributed by atoms with Crippen molar-refractivity contribution in [1.29, 1.82) is 0 Å². The minimum atomic E-state index is 0.156. The number of amidine groups is 4. The lowest BCUT2D eigenvalue weighted by molar-refractivity contribution is 0.769. The van der Waals surface area contributed by atoms with Gasteiger partial charge in [0.15, 0.2) is 0 Å². The van der Waals surface area contributed by atoms with E-state index >= 15 is 0 Å². The molecule has 11 heteroatoms. The number of pyridine rings is 2. The maximum absolute atomic E-state index is 5.91. The number of rotatable bonds is 8. The van der Waals surface area contributed by atoms with Gasteiger partial charge in [0.05, 0.1) is 0 Å². The minimum Gasteiger partial charge on any atom is -0.386 e. The van der Waals surface area contributed by atoms with E-state index in [0.717, 1.165) is 12.8 Å². The van der Waals surface area contributed by atoms with Crippen molar-refractivity contribution in [1.82, 2.24) is 9.97 Å². The van der Waals surface area contributed by atoms with Crippen molar-refractivity contribution in [3.05, 3.63) is 60.2 Å². The minimum absolute atomic E-state index is 0.156. The van der Waals surface area contributed by atoms with E-state index in [1.165, 1.54) is 0 Å². The van der Waals surface area contributed by atoms with Gasteiger partial charge in [-0.3, -0.25) is 9.97 Å². The Morgan fingerprint density at radius 3 is 1.83 bits per heavy atom. The standard InChI is InChI=1S/C19H25N11/c1-14(21)25-27-18(15-8-3-6-12-23-15)29-30-19(16-9-4-7-13-24-16)28-26-17(22)10-2-5-11-20/h3-4,6-9,12-13H,2,5,10-11,20H2,1H3,(H2,21,25)(H2,22,26)/b27-18?,28-19-,30-29?. The van der Waals surface area contributed by atoms with Gasteiger partial charge in [0.1, 0.15) is 23.1 Å². The molecular formula is C19H25N11. The Kier molecular flexibility index (Phi) is 9.40. The van der Waals surface area contributed by atoms with Gasteiger partial charge in [-0.05, 0) is 50.6 Å². The smallest absolute Gasteiger partial charge is 0.221 e. The highest BCUT2D eigenvalue weighted by molar-refractivity contribution is 6.02. The van der Waals surface area contributed by atoms with E-state index in [9.17, 15) is 0 Å². The molecule has 6 N–H and O–H groups in total. The van der Waals surface area contributed by atoms with Gasteiger partial charge in [-0.15, -0.1) is 30.6 Å². The first-order valence-electron chi connectivity index (χ1n) is 9.32. The van der Waals surface area contributed by atoms with Gasteiger partial charge in [-0.25, -0.2) is 0 Å². The molecule has 0 bridgehead atoms. The third-order valence-corrected chi connectivity index (χ3v) is 3.49. The molecule has 0 aliphatic carbocycles. The molecule has 0 atom stereocenters. The second kappa shape index (κ2) is 12.6. The summed E-state index contributed by atoms with van der Waals surface area (Å²) in [6.45, 7) is 2.21. The number of nitrogens with two attached hydrogens (primary N) is 3. The predicted octanol–water partition coefficient (Wildman–Crippen LogP) is 1.82. The fourth-order valence-corrected chi connectivity index (χ4v) is 2.07. The molecule has 0 unspecified atom stereocenters. The molecule has 0 aliphatic rings. The molecule has 0 amide bonds. The summed E-state index contributed by atoms with van der Waals surface area (Å²) in [5.74, 6) is 0.958. The van der Waals surface area contributed by atoms with Crippen molar-refractivity contribution in [2.24, 2.45) is 47.8 Å². The lowest BCUT2D eigenvalue weighted by Gasteiger charge is -2.00. The van der Waals surface area contributed by atoms with E-state index in [-0.39, 0.29) is 17.5 Å². The molecule has 2 aromatic heterocycles. The Balaban J connectivity index is 2.36. The highest BCUT2D eigenvalue weighted by Gasteiger charge is 2.08. The highest BCUT2D eigenvalue weighted by atomic mass is 15.3. The fraction of sp³-hybridized carbons (Fsp3) is 0.263. The van der Waals surface area contributed by atoms with E-state index in [0.29, 0.717) is 30.2 Å². The zero-order valence-electron chi connectivity index (χ0n) is 16.8. The summed E-state index contributed by atoms with van der Waals surface area (Å²) in [5.41, 5.74) is 17.9. The molecule has 11 nitrogen and oxygen atoms in total. The zero-order valence-corrected chi connectivity index (χ0v) is 16.8. The van der Waals surface area contributed by atoms with Crippen molar-refractivity contribution >= 4 is 23.3 Å². The van der Waals surface area contributed by atoms with Crippen LogP contribution in [0.5, 0.6) is 0 Å². The Morgan fingerprint density at radius 1 is 0.800 bits per heavy atom. The number of unbranched alkanes of at least 4 members (excludes halogenated alkanes) is 1. The van der Waals surface area contributed by atoms with Crippen molar-refractivity contribution in [3.8, 4) is 0 Å². The Bertz CT molecular complexity index is 927. The van der Waals surface area contributed by atoms with E-state index in [1.54, 1.807) is 55.7 Å². The average molecular weight is 407 g/mol. The van der Waals surface area contributed by atoms with Crippen LogP contribution in [0.25, 0.3) is 0 Å². The molecule has 0 radical (unpaired) electrons. The number of azo groups is 1. The summed E-state index contributed by atoms with van der Waals surface area (Å²) >= 11 is 0. The van der Waals surface area contributed by atoms with Crippen LogP contribution in [-0.2, 0) is 0 Å². The molecule has 0 saturated carbocycles. The normalized spacial score (nSPS) is 13.8. The molecule has 2 rings (SSSR count). The second-order valence-electron chi connectivity index (χ2n) is 6.06. The van der Waals surface area contributed by atoms with Gasteiger partial charge in [-0.2, -0.15) is 0 Å². The zero-order chi connectivity index (χ0) is 21.6. The summed E-state index contributed by atoms with van der Waals surface area (Å²) in [5, 5.41) is 24.3. The lowest BCUT2D eigenvalue weighted by atomic mass is 10.2.